The van der Waals surface area contributed by atoms with Gasteiger partial charge >= 0.3 is 0 Å². The summed E-state index contributed by atoms with van der Waals surface area (Å²) in [7, 11) is 3.74. The molecule has 1 aliphatic heterocycles. The number of methoxy groups -OCH3 is 1. The summed E-state index contributed by atoms with van der Waals surface area (Å²) in [6, 6.07) is 8.44. The summed E-state index contributed by atoms with van der Waals surface area (Å²) < 4.78 is 10.7. The Morgan fingerprint density at radius 1 is 1.26 bits per heavy atom. The molecule has 5 nitrogen and oxygen atoms in total. The maximum atomic E-state index is 12.2. The molecule has 1 aromatic rings. The van der Waals surface area contributed by atoms with Crippen molar-refractivity contribution in [3.05, 3.63) is 29.8 Å². The van der Waals surface area contributed by atoms with Gasteiger partial charge in [-0.1, -0.05) is 12.1 Å². The Labute approximate surface area is 139 Å². The third-order valence-electron chi connectivity index (χ3n) is 4.16. The molecule has 1 heterocycles. The van der Waals surface area contributed by atoms with Crippen molar-refractivity contribution in [3.8, 4) is 5.75 Å². The SMILES string of the molecule is COCCC(=O)N1CCN(C)[C@@H](c2ccc(OC(C)C)cc2)C1. The second-order valence-corrected chi connectivity index (χ2v) is 6.31. The highest BCUT2D eigenvalue weighted by Gasteiger charge is 2.28. The van der Waals surface area contributed by atoms with Crippen molar-refractivity contribution >= 4 is 5.91 Å². The van der Waals surface area contributed by atoms with Gasteiger partial charge in [0.1, 0.15) is 5.75 Å². The molecule has 0 N–H and O–H groups in total. The summed E-state index contributed by atoms with van der Waals surface area (Å²) in [4.78, 5) is 16.5. The molecule has 1 atom stereocenters. The molecule has 1 aromatic carbocycles. The van der Waals surface area contributed by atoms with Crippen LogP contribution in [-0.2, 0) is 9.53 Å². The van der Waals surface area contributed by atoms with E-state index in [-0.39, 0.29) is 18.1 Å². The molecule has 5 heteroatoms. The lowest BCUT2D eigenvalue weighted by molar-refractivity contribution is -0.134. The lowest BCUT2D eigenvalue weighted by Gasteiger charge is -2.39. The summed E-state index contributed by atoms with van der Waals surface area (Å²) in [5, 5.41) is 0. The zero-order chi connectivity index (χ0) is 16.8. The van der Waals surface area contributed by atoms with Crippen LogP contribution >= 0.6 is 0 Å². The quantitative estimate of drug-likeness (QED) is 0.807. The number of hydrogen-bond acceptors (Lipinski definition) is 4. The monoisotopic (exact) mass is 320 g/mol. The van der Waals surface area contributed by atoms with Crippen molar-refractivity contribution in [2.45, 2.75) is 32.4 Å². The highest BCUT2D eigenvalue weighted by Crippen LogP contribution is 2.26. The Balaban J connectivity index is 2.03. The number of hydrogen-bond donors (Lipinski definition) is 0. The molecule has 128 valence electrons. The first kappa shape index (κ1) is 17.8. The summed E-state index contributed by atoms with van der Waals surface area (Å²) in [6.45, 7) is 6.91. The standard InChI is InChI=1S/C18H28N2O3/c1-14(2)23-16-7-5-15(6-8-16)17-13-20(11-10-19(17)3)18(21)9-12-22-4/h5-8,14,17H,9-13H2,1-4H3/t17-/m1/s1. The van der Waals surface area contributed by atoms with Crippen LogP contribution in [0.2, 0.25) is 0 Å². The Bertz CT molecular complexity index is 501. The molecule has 1 amide bonds. The average molecular weight is 320 g/mol. The van der Waals surface area contributed by atoms with Crippen LogP contribution in [0.1, 0.15) is 31.9 Å². The number of carbonyl (C=O) groups is 1. The van der Waals surface area contributed by atoms with E-state index in [9.17, 15) is 4.79 Å². The van der Waals surface area contributed by atoms with Gasteiger partial charge in [0, 0.05) is 26.7 Å². The normalized spacial score (nSPS) is 19.2. The van der Waals surface area contributed by atoms with Crippen LogP contribution < -0.4 is 4.74 Å². The van der Waals surface area contributed by atoms with E-state index in [1.165, 1.54) is 5.56 Å². The van der Waals surface area contributed by atoms with Crippen molar-refractivity contribution < 1.29 is 14.3 Å². The number of rotatable bonds is 6. The van der Waals surface area contributed by atoms with Gasteiger partial charge in [0.15, 0.2) is 0 Å². The second kappa shape index (κ2) is 8.31. The van der Waals surface area contributed by atoms with Crippen LogP contribution in [0.25, 0.3) is 0 Å². The Morgan fingerprint density at radius 3 is 2.57 bits per heavy atom. The number of piperazine rings is 1. The fourth-order valence-corrected chi connectivity index (χ4v) is 2.85. The third kappa shape index (κ3) is 4.94. The van der Waals surface area contributed by atoms with Crippen LogP contribution in [0.5, 0.6) is 5.75 Å². The van der Waals surface area contributed by atoms with Gasteiger partial charge in [-0.25, -0.2) is 0 Å². The number of benzene rings is 1. The van der Waals surface area contributed by atoms with E-state index < -0.39 is 0 Å². The molecule has 0 spiro atoms. The molecule has 1 saturated heterocycles. The van der Waals surface area contributed by atoms with Crippen molar-refractivity contribution in [3.63, 3.8) is 0 Å². The van der Waals surface area contributed by atoms with Crippen molar-refractivity contribution in [1.82, 2.24) is 9.80 Å². The highest BCUT2D eigenvalue weighted by molar-refractivity contribution is 5.76. The summed E-state index contributed by atoms with van der Waals surface area (Å²) in [5.74, 6) is 1.06. The molecular weight excluding hydrogens is 292 g/mol. The zero-order valence-corrected chi connectivity index (χ0v) is 14.6. The second-order valence-electron chi connectivity index (χ2n) is 6.31. The molecular formula is C18H28N2O3. The fraction of sp³-hybridized carbons (Fsp3) is 0.611. The first-order chi connectivity index (χ1) is 11.0. The average Bonchev–Trinajstić information content (AvgIpc) is 2.53. The molecule has 0 bridgehead atoms. The van der Waals surface area contributed by atoms with Gasteiger partial charge in [-0.05, 0) is 38.6 Å². The predicted molar refractivity (Wildman–Crippen MR) is 90.7 cm³/mol. The van der Waals surface area contributed by atoms with Crippen LogP contribution in [-0.4, -0.2) is 62.2 Å². The summed E-state index contributed by atoms with van der Waals surface area (Å²) in [6.07, 6.45) is 0.626. The molecule has 1 fully saturated rings. The molecule has 1 aliphatic rings. The van der Waals surface area contributed by atoms with Crippen LogP contribution in [0.15, 0.2) is 24.3 Å². The van der Waals surface area contributed by atoms with E-state index in [2.05, 4.69) is 24.1 Å². The number of ether oxygens (including phenoxy) is 2. The smallest absolute Gasteiger partial charge is 0.224 e. The fourth-order valence-electron chi connectivity index (χ4n) is 2.85. The minimum atomic E-state index is 0.171. The molecule has 0 aliphatic carbocycles. The van der Waals surface area contributed by atoms with Crippen LogP contribution in [0, 0.1) is 0 Å². The minimum Gasteiger partial charge on any atom is -0.491 e. The first-order valence-electron chi connectivity index (χ1n) is 8.25. The maximum Gasteiger partial charge on any atom is 0.224 e. The van der Waals surface area contributed by atoms with Gasteiger partial charge in [-0.15, -0.1) is 0 Å². The van der Waals surface area contributed by atoms with Gasteiger partial charge in [0.05, 0.1) is 25.2 Å². The number of carbonyl (C=O) groups excluding carboxylic acids is 1. The number of nitrogens with zero attached hydrogens (tertiary/aromatic N) is 2. The lowest BCUT2D eigenvalue weighted by atomic mass is 10.0. The topological polar surface area (TPSA) is 42.0 Å². The van der Waals surface area contributed by atoms with E-state index in [0.29, 0.717) is 13.0 Å². The van der Waals surface area contributed by atoms with E-state index in [0.717, 1.165) is 25.4 Å². The van der Waals surface area contributed by atoms with Gasteiger partial charge < -0.3 is 14.4 Å². The maximum absolute atomic E-state index is 12.2. The van der Waals surface area contributed by atoms with E-state index in [1.54, 1.807) is 7.11 Å². The number of likely N-dealkylation sites (N-methyl/N-ethyl adjacent to an activating group) is 1. The molecule has 2 rings (SSSR count). The number of amides is 1. The molecule has 0 saturated carbocycles. The van der Waals surface area contributed by atoms with E-state index >= 15 is 0 Å². The van der Waals surface area contributed by atoms with Gasteiger partial charge in [0.25, 0.3) is 0 Å². The van der Waals surface area contributed by atoms with E-state index in [1.807, 2.05) is 30.9 Å². The van der Waals surface area contributed by atoms with Gasteiger partial charge in [-0.3, -0.25) is 9.69 Å². The first-order valence-corrected chi connectivity index (χ1v) is 8.25. The summed E-state index contributed by atoms with van der Waals surface area (Å²) in [5.41, 5.74) is 1.22. The molecule has 0 radical (unpaired) electrons. The van der Waals surface area contributed by atoms with Crippen molar-refractivity contribution in [1.29, 1.82) is 0 Å². The van der Waals surface area contributed by atoms with Gasteiger partial charge in [0.2, 0.25) is 5.91 Å². The molecule has 23 heavy (non-hydrogen) atoms. The molecule has 0 unspecified atom stereocenters. The van der Waals surface area contributed by atoms with Crippen molar-refractivity contribution in [2.24, 2.45) is 0 Å². The Hall–Kier alpha value is -1.59. The minimum absolute atomic E-state index is 0.171. The van der Waals surface area contributed by atoms with Crippen LogP contribution in [0.3, 0.4) is 0 Å². The van der Waals surface area contributed by atoms with Gasteiger partial charge in [-0.2, -0.15) is 0 Å². The largest absolute Gasteiger partial charge is 0.491 e. The third-order valence-corrected chi connectivity index (χ3v) is 4.16. The van der Waals surface area contributed by atoms with Crippen LogP contribution in [0.4, 0.5) is 0 Å². The zero-order valence-electron chi connectivity index (χ0n) is 14.6. The Kier molecular flexibility index (Phi) is 6.42. The van der Waals surface area contributed by atoms with Crippen molar-refractivity contribution in [2.75, 3.05) is 40.4 Å². The highest BCUT2D eigenvalue weighted by atomic mass is 16.5. The van der Waals surface area contributed by atoms with E-state index in [4.69, 9.17) is 9.47 Å². The molecule has 0 aromatic heterocycles. The lowest BCUT2D eigenvalue weighted by Crippen LogP contribution is -2.49. The summed E-state index contributed by atoms with van der Waals surface area (Å²) >= 11 is 0. The predicted octanol–water partition coefficient (Wildman–Crippen LogP) is 2.33. The Morgan fingerprint density at radius 2 is 1.96 bits per heavy atom.